The topological polar surface area (TPSA) is 49.3 Å². The highest BCUT2D eigenvalue weighted by Crippen LogP contribution is 2.34. The maximum atomic E-state index is 13.2. The average Bonchev–Trinajstić information content (AvgIpc) is 3.03. The van der Waals surface area contributed by atoms with Crippen molar-refractivity contribution in [3.63, 3.8) is 0 Å². The number of carboxylic acids is 1. The molecule has 1 saturated carbocycles. The summed E-state index contributed by atoms with van der Waals surface area (Å²) >= 11 is 3.05. The van der Waals surface area contributed by atoms with Crippen LogP contribution in [0, 0.1) is 11.7 Å². The van der Waals surface area contributed by atoms with Gasteiger partial charge in [0.15, 0.2) is 0 Å². The van der Waals surface area contributed by atoms with Crippen LogP contribution in [0.5, 0.6) is 0 Å². The van der Waals surface area contributed by atoms with Gasteiger partial charge >= 0.3 is 5.97 Å². The van der Waals surface area contributed by atoms with Crippen LogP contribution in [-0.4, -0.2) is 17.1 Å². The van der Waals surface area contributed by atoms with Crippen LogP contribution < -0.4 is 5.32 Å². The third kappa shape index (κ3) is 2.52. The molecule has 2 rings (SSSR count). The second kappa shape index (κ2) is 4.41. The molecule has 3 nitrogen and oxygen atoms in total. The molecule has 5 heteroatoms. The van der Waals surface area contributed by atoms with Gasteiger partial charge in [-0.05, 0) is 52.9 Å². The number of carbonyl (C=O) groups is 1. The van der Waals surface area contributed by atoms with Gasteiger partial charge in [0.2, 0.25) is 0 Å². The molecule has 16 heavy (non-hydrogen) atoms. The number of hydrogen-bond acceptors (Lipinski definition) is 2. The highest BCUT2D eigenvalue weighted by atomic mass is 79.9. The Morgan fingerprint density at radius 2 is 2.25 bits per heavy atom. The molecule has 0 saturated heterocycles. The van der Waals surface area contributed by atoms with Crippen molar-refractivity contribution in [2.24, 2.45) is 5.92 Å². The van der Waals surface area contributed by atoms with E-state index in [-0.39, 0.29) is 5.92 Å². The standard InChI is InChI=1S/C11H11BrFNO2/c12-8-4-3-7(5-9(8)13)14-10(11(15)16)6-1-2-6/h3-6,10,14H,1-2H2,(H,15,16). The Hall–Kier alpha value is -1.10. The lowest BCUT2D eigenvalue weighted by atomic mass is 10.1. The van der Waals surface area contributed by atoms with Crippen LogP contribution in [0.1, 0.15) is 12.8 Å². The summed E-state index contributed by atoms with van der Waals surface area (Å²) in [6.45, 7) is 0. The van der Waals surface area contributed by atoms with Crippen molar-refractivity contribution in [2.45, 2.75) is 18.9 Å². The Balaban J connectivity index is 2.12. The smallest absolute Gasteiger partial charge is 0.326 e. The zero-order valence-electron chi connectivity index (χ0n) is 8.41. The first-order valence-corrected chi connectivity index (χ1v) is 5.81. The summed E-state index contributed by atoms with van der Waals surface area (Å²) < 4.78 is 13.6. The van der Waals surface area contributed by atoms with Crippen LogP contribution in [0.3, 0.4) is 0 Å². The molecule has 0 amide bonds. The highest BCUT2D eigenvalue weighted by Gasteiger charge is 2.36. The molecule has 1 aliphatic rings. The van der Waals surface area contributed by atoms with Crippen molar-refractivity contribution in [1.29, 1.82) is 0 Å². The van der Waals surface area contributed by atoms with E-state index in [4.69, 9.17) is 5.11 Å². The SMILES string of the molecule is O=C(O)C(Nc1ccc(Br)c(F)c1)C1CC1. The molecule has 0 heterocycles. The van der Waals surface area contributed by atoms with Gasteiger partial charge in [0.1, 0.15) is 11.9 Å². The lowest BCUT2D eigenvalue weighted by molar-refractivity contribution is -0.138. The molecule has 1 aliphatic carbocycles. The van der Waals surface area contributed by atoms with Gasteiger partial charge in [-0.15, -0.1) is 0 Å². The van der Waals surface area contributed by atoms with E-state index < -0.39 is 17.8 Å². The Morgan fingerprint density at radius 1 is 1.56 bits per heavy atom. The summed E-state index contributed by atoms with van der Waals surface area (Å²) in [5.74, 6) is -1.11. The minimum atomic E-state index is -0.883. The summed E-state index contributed by atoms with van der Waals surface area (Å²) in [5, 5.41) is 11.9. The molecule has 2 N–H and O–H groups in total. The van der Waals surface area contributed by atoms with Crippen LogP contribution >= 0.6 is 15.9 Å². The molecule has 1 unspecified atom stereocenters. The van der Waals surface area contributed by atoms with E-state index in [0.29, 0.717) is 10.2 Å². The maximum absolute atomic E-state index is 13.2. The first-order valence-electron chi connectivity index (χ1n) is 5.02. The van der Waals surface area contributed by atoms with E-state index in [1.54, 1.807) is 12.1 Å². The third-order valence-corrected chi connectivity index (χ3v) is 3.24. The summed E-state index contributed by atoms with van der Waals surface area (Å²) in [7, 11) is 0. The van der Waals surface area contributed by atoms with Crippen molar-refractivity contribution < 1.29 is 14.3 Å². The second-order valence-electron chi connectivity index (χ2n) is 3.93. The lowest BCUT2D eigenvalue weighted by Gasteiger charge is -2.15. The van der Waals surface area contributed by atoms with E-state index in [2.05, 4.69) is 21.2 Å². The summed E-state index contributed by atoms with van der Waals surface area (Å²) in [5.41, 5.74) is 0.500. The number of halogens is 2. The summed E-state index contributed by atoms with van der Waals surface area (Å²) in [4.78, 5) is 11.0. The number of hydrogen-bond donors (Lipinski definition) is 2. The Morgan fingerprint density at radius 3 is 2.75 bits per heavy atom. The number of aliphatic carboxylic acids is 1. The van der Waals surface area contributed by atoms with Crippen molar-refractivity contribution in [1.82, 2.24) is 0 Å². The average molecular weight is 288 g/mol. The molecule has 0 aromatic heterocycles. The van der Waals surface area contributed by atoms with Gasteiger partial charge in [-0.2, -0.15) is 0 Å². The van der Waals surface area contributed by atoms with Crippen molar-refractivity contribution in [2.75, 3.05) is 5.32 Å². The molecule has 0 spiro atoms. The van der Waals surface area contributed by atoms with Gasteiger partial charge in [-0.25, -0.2) is 9.18 Å². The Bertz CT molecular complexity index is 420. The minimum Gasteiger partial charge on any atom is -0.480 e. The Labute approximate surface area is 101 Å². The van der Waals surface area contributed by atoms with E-state index in [9.17, 15) is 9.18 Å². The van der Waals surface area contributed by atoms with Gasteiger partial charge in [0, 0.05) is 5.69 Å². The van der Waals surface area contributed by atoms with Gasteiger partial charge < -0.3 is 10.4 Å². The fourth-order valence-corrected chi connectivity index (χ4v) is 1.82. The van der Waals surface area contributed by atoms with Crippen molar-refractivity contribution in [3.05, 3.63) is 28.5 Å². The zero-order valence-corrected chi connectivity index (χ0v) is 10.00. The van der Waals surface area contributed by atoms with Crippen LogP contribution in [-0.2, 0) is 4.79 Å². The molecular weight excluding hydrogens is 277 g/mol. The van der Waals surface area contributed by atoms with E-state index in [1.807, 2.05) is 0 Å². The fourth-order valence-electron chi connectivity index (χ4n) is 1.58. The first-order chi connectivity index (χ1) is 7.58. The van der Waals surface area contributed by atoms with E-state index >= 15 is 0 Å². The number of carboxylic acid groups (broad SMARTS) is 1. The number of anilines is 1. The predicted molar refractivity (Wildman–Crippen MR) is 61.9 cm³/mol. The first kappa shape index (κ1) is 11.4. The van der Waals surface area contributed by atoms with Gasteiger partial charge in [-0.3, -0.25) is 0 Å². The monoisotopic (exact) mass is 287 g/mol. The molecule has 0 bridgehead atoms. The zero-order chi connectivity index (χ0) is 11.7. The maximum Gasteiger partial charge on any atom is 0.326 e. The predicted octanol–water partition coefficient (Wildman–Crippen LogP) is 2.86. The van der Waals surface area contributed by atoms with Crippen molar-refractivity contribution >= 4 is 27.6 Å². The minimum absolute atomic E-state index is 0.171. The molecule has 0 radical (unpaired) electrons. The molecule has 86 valence electrons. The molecule has 1 fully saturated rings. The Kier molecular flexibility index (Phi) is 3.14. The molecular formula is C11H11BrFNO2. The third-order valence-electron chi connectivity index (χ3n) is 2.60. The summed E-state index contributed by atoms with van der Waals surface area (Å²) in [6.07, 6.45) is 1.84. The quantitative estimate of drug-likeness (QED) is 0.895. The fraction of sp³-hybridized carbons (Fsp3) is 0.364. The van der Waals surface area contributed by atoms with Gasteiger partial charge in [-0.1, -0.05) is 0 Å². The van der Waals surface area contributed by atoms with Crippen LogP contribution in [0.15, 0.2) is 22.7 Å². The van der Waals surface area contributed by atoms with Gasteiger partial charge in [0.05, 0.1) is 4.47 Å². The number of rotatable bonds is 4. The summed E-state index contributed by atoms with van der Waals surface area (Å²) in [6, 6.07) is 3.90. The van der Waals surface area contributed by atoms with Crippen molar-refractivity contribution in [3.8, 4) is 0 Å². The number of benzene rings is 1. The number of nitrogens with one attached hydrogen (secondary N) is 1. The lowest BCUT2D eigenvalue weighted by Crippen LogP contribution is -2.31. The second-order valence-corrected chi connectivity index (χ2v) is 4.78. The largest absolute Gasteiger partial charge is 0.480 e. The molecule has 1 aromatic rings. The van der Waals surface area contributed by atoms with Crippen LogP contribution in [0.25, 0.3) is 0 Å². The molecule has 1 atom stereocenters. The normalized spacial score (nSPS) is 16.9. The van der Waals surface area contributed by atoms with E-state index in [1.165, 1.54) is 6.07 Å². The molecule has 1 aromatic carbocycles. The van der Waals surface area contributed by atoms with Crippen LogP contribution in [0.2, 0.25) is 0 Å². The van der Waals surface area contributed by atoms with E-state index in [0.717, 1.165) is 12.8 Å². The van der Waals surface area contributed by atoms with Gasteiger partial charge in [0.25, 0.3) is 0 Å². The molecule has 0 aliphatic heterocycles. The van der Waals surface area contributed by atoms with Crippen LogP contribution in [0.4, 0.5) is 10.1 Å². The highest BCUT2D eigenvalue weighted by molar-refractivity contribution is 9.10.